The molecule has 1 saturated heterocycles. The van der Waals surface area contributed by atoms with E-state index in [9.17, 15) is 23.9 Å². The van der Waals surface area contributed by atoms with Gasteiger partial charge in [-0.25, -0.2) is 23.6 Å². The number of hydroxylamine groups is 2. The first-order chi connectivity index (χ1) is 16.3. The van der Waals surface area contributed by atoms with E-state index in [2.05, 4.69) is 4.98 Å². The van der Waals surface area contributed by atoms with Crippen LogP contribution in [0, 0.1) is 11.6 Å². The minimum atomic E-state index is -0.756. The van der Waals surface area contributed by atoms with E-state index < -0.39 is 17.7 Å². The Morgan fingerprint density at radius 3 is 2.44 bits per heavy atom. The lowest BCUT2D eigenvalue weighted by atomic mass is 9.97. The zero-order valence-electron chi connectivity index (χ0n) is 19.0. The number of carbonyl (C=O) groups excluding carboxylic acids is 1. The zero-order valence-corrected chi connectivity index (χ0v) is 19.0. The third kappa shape index (κ3) is 4.80. The summed E-state index contributed by atoms with van der Waals surface area (Å²) in [7, 11) is 0. The highest BCUT2D eigenvalue weighted by atomic mass is 19.1. The number of oxazole rings is 1. The van der Waals surface area contributed by atoms with E-state index in [0.717, 1.165) is 16.7 Å². The van der Waals surface area contributed by atoms with E-state index in [4.69, 9.17) is 4.42 Å². The topological polar surface area (TPSA) is 90.0 Å². The van der Waals surface area contributed by atoms with Gasteiger partial charge in [-0.05, 0) is 44.4 Å². The van der Waals surface area contributed by atoms with E-state index in [1.165, 1.54) is 12.1 Å². The SMILES string of the molecule is CC(C)N(O)C(=O)N1CCC(c2nc(-c3ccc(CO)cc3)c(-c3ccc(F)cc3F)o2)CC1. The maximum atomic E-state index is 14.6. The minimum Gasteiger partial charge on any atom is -0.440 e. The molecule has 1 fully saturated rings. The van der Waals surface area contributed by atoms with E-state index in [1.807, 2.05) is 0 Å². The third-order valence-corrected chi connectivity index (χ3v) is 6.03. The summed E-state index contributed by atoms with van der Waals surface area (Å²) in [5.74, 6) is -0.942. The fraction of sp³-hybridized carbons (Fsp3) is 0.360. The molecule has 0 radical (unpaired) electrons. The van der Waals surface area contributed by atoms with Crippen molar-refractivity contribution in [1.82, 2.24) is 14.9 Å². The summed E-state index contributed by atoms with van der Waals surface area (Å²) in [4.78, 5) is 18.7. The molecule has 2 amide bonds. The molecule has 0 spiro atoms. The summed E-state index contributed by atoms with van der Waals surface area (Å²) in [6.07, 6.45) is 1.12. The van der Waals surface area contributed by atoms with Gasteiger partial charge in [0.2, 0.25) is 0 Å². The van der Waals surface area contributed by atoms with E-state index in [-0.39, 0.29) is 29.9 Å². The van der Waals surface area contributed by atoms with Crippen LogP contribution in [0.4, 0.5) is 13.6 Å². The van der Waals surface area contributed by atoms with Gasteiger partial charge >= 0.3 is 6.03 Å². The molecule has 0 aliphatic carbocycles. The number of halogens is 2. The van der Waals surface area contributed by atoms with Crippen LogP contribution < -0.4 is 0 Å². The molecule has 7 nitrogen and oxygen atoms in total. The number of piperidine rings is 1. The first-order valence-corrected chi connectivity index (χ1v) is 11.2. The highest BCUT2D eigenvalue weighted by molar-refractivity contribution is 5.77. The number of likely N-dealkylation sites (tertiary alicyclic amines) is 1. The zero-order chi connectivity index (χ0) is 24.4. The molecule has 34 heavy (non-hydrogen) atoms. The molecule has 9 heteroatoms. The van der Waals surface area contributed by atoms with Gasteiger partial charge in [0.05, 0.1) is 18.2 Å². The Morgan fingerprint density at radius 1 is 1.18 bits per heavy atom. The Kier molecular flexibility index (Phi) is 6.95. The van der Waals surface area contributed by atoms with E-state index in [0.29, 0.717) is 43.1 Å². The van der Waals surface area contributed by atoms with Crippen LogP contribution in [0.15, 0.2) is 46.9 Å². The van der Waals surface area contributed by atoms with Gasteiger partial charge in [-0.3, -0.25) is 5.21 Å². The van der Waals surface area contributed by atoms with E-state index >= 15 is 0 Å². The van der Waals surface area contributed by atoms with Gasteiger partial charge in [0, 0.05) is 30.6 Å². The third-order valence-electron chi connectivity index (χ3n) is 6.03. The minimum absolute atomic E-state index is 0.0989. The largest absolute Gasteiger partial charge is 0.440 e. The van der Waals surface area contributed by atoms with Crippen molar-refractivity contribution >= 4 is 6.03 Å². The van der Waals surface area contributed by atoms with Gasteiger partial charge in [-0.2, -0.15) is 0 Å². The quantitative estimate of drug-likeness (QED) is 0.395. The van der Waals surface area contributed by atoms with Crippen LogP contribution in [0.1, 0.15) is 44.1 Å². The van der Waals surface area contributed by atoms with Crippen LogP contribution in [0.2, 0.25) is 0 Å². The van der Waals surface area contributed by atoms with Crippen molar-refractivity contribution in [3.63, 3.8) is 0 Å². The Morgan fingerprint density at radius 2 is 1.85 bits per heavy atom. The van der Waals surface area contributed by atoms with Crippen LogP contribution in [0.5, 0.6) is 0 Å². The maximum Gasteiger partial charge on any atom is 0.343 e. The van der Waals surface area contributed by atoms with Gasteiger partial charge in [0.15, 0.2) is 11.7 Å². The number of nitrogens with zero attached hydrogens (tertiary/aromatic N) is 3. The Hall–Kier alpha value is -3.30. The molecule has 2 N–H and O–H groups in total. The number of aliphatic hydroxyl groups excluding tert-OH is 1. The number of aromatic nitrogens is 1. The molecule has 1 aliphatic rings. The van der Waals surface area contributed by atoms with Crippen molar-refractivity contribution < 1.29 is 28.3 Å². The standard InChI is InChI=1S/C25H27F2N3O4/c1-15(2)30(33)25(32)29-11-9-18(10-12-29)24-28-22(17-5-3-16(14-31)4-6-17)23(34-24)20-8-7-19(26)13-21(20)27/h3-8,13,15,18,31,33H,9-12,14H2,1-2H3. The summed E-state index contributed by atoms with van der Waals surface area (Å²) in [5, 5.41) is 20.0. The number of amides is 2. The maximum absolute atomic E-state index is 14.6. The number of hydrogen-bond acceptors (Lipinski definition) is 5. The fourth-order valence-corrected chi connectivity index (χ4v) is 4.01. The molecule has 180 valence electrons. The molecule has 2 heterocycles. The van der Waals surface area contributed by atoms with Gasteiger partial charge in [0.25, 0.3) is 0 Å². The number of urea groups is 1. The second-order valence-electron chi connectivity index (χ2n) is 8.69. The first kappa shape index (κ1) is 23.8. The normalized spacial score (nSPS) is 14.6. The lowest BCUT2D eigenvalue weighted by Crippen LogP contribution is -2.47. The van der Waals surface area contributed by atoms with Crippen LogP contribution >= 0.6 is 0 Å². The molecule has 4 rings (SSSR count). The lowest BCUT2D eigenvalue weighted by Gasteiger charge is -2.33. The summed E-state index contributed by atoms with van der Waals surface area (Å²) in [6.45, 7) is 4.17. The number of carbonyl (C=O) groups is 1. The van der Waals surface area contributed by atoms with Crippen LogP contribution in [-0.2, 0) is 6.61 Å². The summed E-state index contributed by atoms with van der Waals surface area (Å²) >= 11 is 0. The molecule has 1 aromatic heterocycles. The summed E-state index contributed by atoms with van der Waals surface area (Å²) in [5.41, 5.74) is 1.91. The second-order valence-corrected chi connectivity index (χ2v) is 8.69. The predicted octanol–water partition coefficient (Wildman–Crippen LogP) is 5.18. The second kappa shape index (κ2) is 9.90. The molecule has 0 atom stereocenters. The summed E-state index contributed by atoms with van der Waals surface area (Å²) in [6, 6.07) is 9.53. The van der Waals surface area contributed by atoms with Gasteiger partial charge in [0.1, 0.15) is 17.3 Å². The smallest absolute Gasteiger partial charge is 0.343 e. The predicted molar refractivity (Wildman–Crippen MR) is 121 cm³/mol. The lowest BCUT2D eigenvalue weighted by molar-refractivity contribution is -0.0815. The Balaban J connectivity index is 1.64. The molecule has 1 aliphatic heterocycles. The average molecular weight is 472 g/mol. The van der Waals surface area contributed by atoms with Crippen molar-refractivity contribution in [2.45, 2.75) is 45.3 Å². The van der Waals surface area contributed by atoms with Gasteiger partial charge in [-0.15, -0.1) is 0 Å². The number of rotatable bonds is 5. The fourth-order valence-electron chi connectivity index (χ4n) is 4.01. The number of aliphatic hydroxyl groups is 1. The summed E-state index contributed by atoms with van der Waals surface area (Å²) < 4.78 is 34.2. The van der Waals surface area contributed by atoms with Crippen LogP contribution in [-0.4, -0.2) is 50.4 Å². The van der Waals surface area contributed by atoms with Gasteiger partial charge in [-0.1, -0.05) is 24.3 Å². The highest BCUT2D eigenvalue weighted by Gasteiger charge is 2.31. The molecule has 2 aromatic carbocycles. The average Bonchev–Trinajstić information content (AvgIpc) is 3.28. The van der Waals surface area contributed by atoms with Crippen molar-refractivity contribution in [3.8, 4) is 22.6 Å². The molecule has 3 aromatic rings. The van der Waals surface area contributed by atoms with Gasteiger partial charge < -0.3 is 14.4 Å². The van der Waals surface area contributed by atoms with Crippen molar-refractivity contribution in [3.05, 3.63) is 65.6 Å². The Labute approximate surface area is 196 Å². The van der Waals surface area contributed by atoms with Crippen LogP contribution in [0.25, 0.3) is 22.6 Å². The molecular weight excluding hydrogens is 444 g/mol. The first-order valence-electron chi connectivity index (χ1n) is 11.2. The Bertz CT molecular complexity index is 1160. The molecular formula is C25H27F2N3O4. The highest BCUT2D eigenvalue weighted by Crippen LogP contribution is 2.38. The molecule has 0 saturated carbocycles. The molecule has 0 unspecified atom stereocenters. The number of benzene rings is 2. The van der Waals surface area contributed by atoms with Crippen LogP contribution in [0.3, 0.4) is 0 Å². The molecule has 0 bridgehead atoms. The van der Waals surface area contributed by atoms with Crippen molar-refractivity contribution in [1.29, 1.82) is 0 Å². The van der Waals surface area contributed by atoms with Crippen molar-refractivity contribution in [2.75, 3.05) is 13.1 Å². The van der Waals surface area contributed by atoms with E-state index in [1.54, 1.807) is 43.0 Å². The van der Waals surface area contributed by atoms with Crippen molar-refractivity contribution in [2.24, 2.45) is 0 Å². The number of hydrogen-bond donors (Lipinski definition) is 2. The monoisotopic (exact) mass is 471 g/mol.